The van der Waals surface area contributed by atoms with E-state index in [4.69, 9.17) is 5.26 Å². The molecule has 0 fully saturated rings. The number of rotatable bonds is 5. The number of nitrogens with one attached hydrogen (secondary N) is 2. The van der Waals surface area contributed by atoms with E-state index in [2.05, 4.69) is 22.5 Å². The van der Waals surface area contributed by atoms with Gasteiger partial charge in [0.15, 0.2) is 0 Å². The molecule has 0 unspecified atom stereocenters. The first-order valence-electron chi connectivity index (χ1n) is 4.05. The highest BCUT2D eigenvalue weighted by Gasteiger charge is 1.96. The van der Waals surface area contributed by atoms with E-state index in [9.17, 15) is 4.79 Å². The van der Waals surface area contributed by atoms with Crippen LogP contribution in [0.4, 0.5) is 0 Å². The van der Waals surface area contributed by atoms with Gasteiger partial charge >= 0.3 is 0 Å². The molecule has 0 aromatic heterocycles. The number of hydrogen-bond donors (Lipinski definition) is 2. The maximum atomic E-state index is 10.9. The van der Waals surface area contributed by atoms with E-state index in [0.717, 1.165) is 6.42 Å². The van der Waals surface area contributed by atoms with E-state index in [-0.39, 0.29) is 19.0 Å². The lowest BCUT2D eigenvalue weighted by Gasteiger charge is -2.01. The van der Waals surface area contributed by atoms with E-state index in [1.807, 2.05) is 6.07 Å². The fourth-order valence-corrected chi connectivity index (χ4v) is 0.678. The molecule has 0 spiro atoms. The van der Waals surface area contributed by atoms with Gasteiger partial charge in [-0.05, 0) is 6.92 Å². The van der Waals surface area contributed by atoms with Crippen LogP contribution < -0.4 is 10.6 Å². The molecule has 0 aliphatic rings. The highest BCUT2D eigenvalue weighted by molar-refractivity contribution is 5.78. The maximum Gasteiger partial charge on any atom is 0.234 e. The lowest BCUT2D eigenvalue weighted by molar-refractivity contribution is -0.120. The smallest absolute Gasteiger partial charge is 0.234 e. The average molecular weight is 179 g/mol. The molecular formula is C9H13N3O. The van der Waals surface area contributed by atoms with Crippen molar-refractivity contribution in [1.82, 2.24) is 10.6 Å². The van der Waals surface area contributed by atoms with Crippen molar-refractivity contribution >= 4 is 5.91 Å². The molecule has 0 atom stereocenters. The van der Waals surface area contributed by atoms with Crippen LogP contribution in [0.5, 0.6) is 0 Å². The highest BCUT2D eigenvalue weighted by atomic mass is 16.1. The van der Waals surface area contributed by atoms with Crippen molar-refractivity contribution < 1.29 is 4.79 Å². The van der Waals surface area contributed by atoms with E-state index in [0.29, 0.717) is 6.54 Å². The van der Waals surface area contributed by atoms with Crippen molar-refractivity contribution in [3.05, 3.63) is 0 Å². The fourth-order valence-electron chi connectivity index (χ4n) is 0.678. The number of hydrogen-bond acceptors (Lipinski definition) is 3. The lowest BCUT2D eigenvalue weighted by Crippen LogP contribution is -2.34. The Labute approximate surface area is 78.3 Å². The monoisotopic (exact) mass is 179 g/mol. The summed E-state index contributed by atoms with van der Waals surface area (Å²) in [6.07, 6.45) is 0.738. The van der Waals surface area contributed by atoms with Gasteiger partial charge < -0.3 is 10.6 Å². The van der Waals surface area contributed by atoms with Gasteiger partial charge in [-0.25, -0.2) is 0 Å². The van der Waals surface area contributed by atoms with Gasteiger partial charge in [0, 0.05) is 13.0 Å². The molecule has 0 aromatic carbocycles. The molecular weight excluding hydrogens is 166 g/mol. The molecule has 4 heteroatoms. The highest BCUT2D eigenvalue weighted by Crippen LogP contribution is 1.71. The van der Waals surface area contributed by atoms with Crippen molar-refractivity contribution in [2.24, 2.45) is 0 Å². The summed E-state index contributed by atoms with van der Waals surface area (Å²) in [7, 11) is 0. The number of nitriles is 1. The minimum absolute atomic E-state index is 0.0648. The Morgan fingerprint density at radius 1 is 1.54 bits per heavy atom. The summed E-state index contributed by atoms with van der Waals surface area (Å²) >= 11 is 0. The summed E-state index contributed by atoms with van der Waals surface area (Å²) in [6.45, 7) is 2.78. The van der Waals surface area contributed by atoms with Gasteiger partial charge in [0.1, 0.15) is 6.54 Å². The van der Waals surface area contributed by atoms with Crippen molar-refractivity contribution in [2.45, 2.75) is 13.3 Å². The van der Waals surface area contributed by atoms with Gasteiger partial charge in [-0.15, -0.1) is 11.8 Å². The number of nitrogens with zero attached hydrogens (tertiary/aromatic N) is 1. The molecule has 0 saturated heterocycles. The van der Waals surface area contributed by atoms with Crippen molar-refractivity contribution in [1.29, 1.82) is 5.26 Å². The zero-order valence-corrected chi connectivity index (χ0v) is 7.68. The lowest BCUT2D eigenvalue weighted by atomic mass is 10.4. The zero-order valence-electron chi connectivity index (χ0n) is 7.68. The Hall–Kier alpha value is -1.52. The summed E-state index contributed by atoms with van der Waals surface area (Å²) in [4.78, 5) is 10.9. The molecule has 70 valence electrons. The molecule has 4 nitrogen and oxygen atoms in total. The van der Waals surface area contributed by atoms with Gasteiger partial charge in [0.2, 0.25) is 5.91 Å². The molecule has 0 rings (SSSR count). The van der Waals surface area contributed by atoms with Crippen LogP contribution in [0, 0.1) is 23.2 Å². The average Bonchev–Trinajstić information content (AvgIpc) is 2.14. The summed E-state index contributed by atoms with van der Waals surface area (Å²) in [5, 5.41) is 13.5. The van der Waals surface area contributed by atoms with Crippen LogP contribution in [0.1, 0.15) is 13.3 Å². The van der Waals surface area contributed by atoms with E-state index in [1.54, 1.807) is 6.92 Å². The summed E-state index contributed by atoms with van der Waals surface area (Å²) in [6, 6.07) is 1.83. The van der Waals surface area contributed by atoms with Crippen molar-refractivity contribution in [2.75, 3.05) is 19.6 Å². The van der Waals surface area contributed by atoms with Crippen LogP contribution in [0.3, 0.4) is 0 Å². The number of carbonyl (C=O) groups excluding carboxylic acids is 1. The zero-order chi connectivity index (χ0) is 9.94. The molecule has 0 heterocycles. The van der Waals surface area contributed by atoms with E-state index < -0.39 is 0 Å². The molecule has 0 aliphatic carbocycles. The normalized spacial score (nSPS) is 8.00. The van der Waals surface area contributed by atoms with E-state index in [1.165, 1.54) is 0 Å². The Balaban J connectivity index is 3.26. The van der Waals surface area contributed by atoms with Gasteiger partial charge in [-0.1, -0.05) is 0 Å². The minimum Gasteiger partial charge on any atom is -0.342 e. The molecule has 0 saturated carbocycles. The Morgan fingerprint density at radius 2 is 2.31 bits per heavy atom. The predicted octanol–water partition coefficient (Wildman–Crippen LogP) is -0.371. The van der Waals surface area contributed by atoms with Crippen molar-refractivity contribution in [3.8, 4) is 17.9 Å². The third-order valence-electron chi connectivity index (χ3n) is 1.25. The fraction of sp³-hybridized carbons (Fsp3) is 0.556. The molecule has 13 heavy (non-hydrogen) atoms. The van der Waals surface area contributed by atoms with Gasteiger partial charge in [0.25, 0.3) is 0 Å². The van der Waals surface area contributed by atoms with Gasteiger partial charge in [0.05, 0.1) is 12.6 Å². The topological polar surface area (TPSA) is 64.9 Å². The second kappa shape index (κ2) is 8.58. The second-order valence-corrected chi connectivity index (χ2v) is 2.29. The third-order valence-corrected chi connectivity index (χ3v) is 1.25. The van der Waals surface area contributed by atoms with Gasteiger partial charge in [-0.2, -0.15) is 5.26 Å². The molecule has 1 amide bonds. The molecule has 0 bridgehead atoms. The molecule has 0 aliphatic heterocycles. The Morgan fingerprint density at radius 3 is 2.92 bits per heavy atom. The summed E-state index contributed by atoms with van der Waals surface area (Å²) < 4.78 is 0. The number of amides is 1. The van der Waals surface area contributed by atoms with Crippen LogP contribution in [0.15, 0.2) is 0 Å². The standard InChI is InChI=1S/C9H13N3O/c1-2-3-4-6-11-8-9(13)12-7-5-10/h11H,4,6-8H2,1H3,(H,12,13). The van der Waals surface area contributed by atoms with Crippen LogP contribution in [0.25, 0.3) is 0 Å². The quantitative estimate of drug-likeness (QED) is 0.344. The first-order valence-corrected chi connectivity index (χ1v) is 4.05. The number of carbonyl (C=O) groups is 1. The predicted molar refractivity (Wildman–Crippen MR) is 49.6 cm³/mol. The molecule has 0 aromatic rings. The van der Waals surface area contributed by atoms with Crippen LogP contribution >= 0.6 is 0 Å². The summed E-state index contributed by atoms with van der Waals surface area (Å²) in [5.74, 6) is 5.46. The van der Waals surface area contributed by atoms with Crippen molar-refractivity contribution in [3.63, 3.8) is 0 Å². The largest absolute Gasteiger partial charge is 0.342 e. The Kier molecular flexibility index (Phi) is 7.57. The first kappa shape index (κ1) is 11.5. The maximum absolute atomic E-state index is 10.9. The first-order chi connectivity index (χ1) is 6.31. The summed E-state index contributed by atoms with van der Waals surface area (Å²) in [5.41, 5.74) is 0. The van der Waals surface area contributed by atoms with Crippen LogP contribution in [0.2, 0.25) is 0 Å². The molecule has 2 N–H and O–H groups in total. The van der Waals surface area contributed by atoms with Crippen LogP contribution in [-0.2, 0) is 4.79 Å². The minimum atomic E-state index is -0.161. The van der Waals surface area contributed by atoms with Gasteiger partial charge in [-0.3, -0.25) is 4.79 Å². The third kappa shape index (κ3) is 8.39. The second-order valence-electron chi connectivity index (χ2n) is 2.29. The Bertz CT molecular complexity index is 244. The van der Waals surface area contributed by atoms with E-state index >= 15 is 0 Å². The molecule has 0 radical (unpaired) electrons. The SMILES string of the molecule is CC#CCCNCC(=O)NCC#N. The van der Waals surface area contributed by atoms with Crippen LogP contribution in [-0.4, -0.2) is 25.5 Å².